The van der Waals surface area contributed by atoms with Crippen molar-refractivity contribution >= 4 is 29.9 Å². The van der Waals surface area contributed by atoms with Gasteiger partial charge in [-0.2, -0.15) is 5.26 Å². The van der Waals surface area contributed by atoms with Crippen molar-refractivity contribution in [2.45, 2.75) is 19.0 Å². The van der Waals surface area contributed by atoms with E-state index in [4.69, 9.17) is 15.7 Å². The van der Waals surface area contributed by atoms with Gasteiger partial charge in [0.1, 0.15) is 18.1 Å². The van der Waals surface area contributed by atoms with Gasteiger partial charge in [-0.1, -0.05) is 18.2 Å². The molecule has 2 aromatic rings. The molecule has 0 saturated carbocycles. The van der Waals surface area contributed by atoms with Gasteiger partial charge in [0.05, 0.1) is 25.7 Å². The second-order valence-corrected chi connectivity index (χ2v) is 5.08. The Hall–Kier alpha value is -2.35. The van der Waals surface area contributed by atoms with Crippen molar-refractivity contribution in [3.8, 4) is 11.8 Å². The molecule has 126 valence electrons. The first kappa shape index (κ1) is 18.0. The normalized spacial score (nSPS) is 16.3. The summed E-state index contributed by atoms with van der Waals surface area (Å²) in [5.41, 5.74) is 7.05. The summed E-state index contributed by atoms with van der Waals surface area (Å²) in [6, 6.07) is 9.89. The number of nitrogens with one attached hydrogen (secondary N) is 1. The summed E-state index contributed by atoms with van der Waals surface area (Å²) >= 11 is 0. The number of fused-ring (bicyclic) bond motifs is 1. The highest BCUT2D eigenvalue weighted by Crippen LogP contribution is 2.31. The van der Waals surface area contributed by atoms with E-state index in [0.717, 1.165) is 17.7 Å². The van der Waals surface area contributed by atoms with E-state index in [2.05, 4.69) is 20.4 Å². The van der Waals surface area contributed by atoms with Crippen molar-refractivity contribution in [2.75, 3.05) is 13.2 Å². The topological polar surface area (TPSA) is 114 Å². The number of hydrogen-bond donors (Lipinski definition) is 2. The number of halogens is 1. The zero-order valence-corrected chi connectivity index (χ0v) is 15.3. The fraction of sp³-hybridized carbons (Fsp3) is 0.333. The van der Waals surface area contributed by atoms with Crippen LogP contribution in [0, 0.1) is 11.3 Å². The molecule has 3 rings (SSSR count). The van der Waals surface area contributed by atoms with Crippen LogP contribution >= 0.6 is 24.0 Å². The number of nitriles is 1. The molecule has 1 aromatic carbocycles. The average Bonchev–Trinajstić information content (AvgIpc) is 3.03. The summed E-state index contributed by atoms with van der Waals surface area (Å²) < 4.78 is 7.19. The molecule has 2 heterocycles. The van der Waals surface area contributed by atoms with Crippen molar-refractivity contribution in [1.82, 2.24) is 20.1 Å². The van der Waals surface area contributed by atoms with Crippen LogP contribution < -0.4 is 15.8 Å². The Kier molecular flexibility index (Phi) is 6.36. The molecule has 8 nitrogen and oxygen atoms in total. The van der Waals surface area contributed by atoms with Gasteiger partial charge in [-0.25, -0.2) is 9.67 Å². The maximum Gasteiger partial charge on any atom is 0.252 e. The summed E-state index contributed by atoms with van der Waals surface area (Å²) in [6.07, 6.45) is 2.34. The Morgan fingerprint density at radius 3 is 3.12 bits per heavy atom. The Morgan fingerprint density at radius 1 is 1.50 bits per heavy atom. The smallest absolute Gasteiger partial charge is 0.252 e. The van der Waals surface area contributed by atoms with E-state index in [-0.39, 0.29) is 35.8 Å². The van der Waals surface area contributed by atoms with Gasteiger partial charge >= 0.3 is 0 Å². The highest BCUT2D eigenvalue weighted by atomic mass is 127. The number of nitrogens with two attached hydrogens (primary N) is 1. The lowest BCUT2D eigenvalue weighted by atomic mass is 10.0. The van der Waals surface area contributed by atoms with Crippen molar-refractivity contribution in [3.63, 3.8) is 0 Å². The van der Waals surface area contributed by atoms with E-state index in [9.17, 15) is 0 Å². The van der Waals surface area contributed by atoms with Crippen molar-refractivity contribution in [3.05, 3.63) is 42.0 Å². The number of ether oxygens (including phenoxy) is 1. The molecule has 0 spiro atoms. The first-order valence-electron chi connectivity index (χ1n) is 7.34. The van der Waals surface area contributed by atoms with Gasteiger partial charge in [0.15, 0.2) is 5.96 Å². The Bertz CT molecular complexity index is 752. The number of aromatic nitrogens is 3. The molecule has 9 heteroatoms. The molecule has 1 aliphatic rings. The summed E-state index contributed by atoms with van der Waals surface area (Å²) in [7, 11) is 0. The van der Waals surface area contributed by atoms with Crippen LogP contribution in [0.5, 0.6) is 5.75 Å². The van der Waals surface area contributed by atoms with Crippen LogP contribution in [0.4, 0.5) is 0 Å². The molecule has 3 N–H and O–H groups in total. The minimum atomic E-state index is 0. The first-order valence-corrected chi connectivity index (χ1v) is 7.34. The summed E-state index contributed by atoms with van der Waals surface area (Å²) in [6.45, 7) is 1.62. The van der Waals surface area contributed by atoms with Crippen LogP contribution in [-0.2, 0) is 6.54 Å². The molecule has 24 heavy (non-hydrogen) atoms. The van der Waals surface area contributed by atoms with Gasteiger partial charge in [0.2, 0.25) is 0 Å². The molecular weight excluding hydrogens is 421 g/mol. The molecule has 0 saturated heterocycles. The number of aliphatic imine (C=N–C) groups is 1. The highest BCUT2D eigenvalue weighted by molar-refractivity contribution is 14.0. The van der Waals surface area contributed by atoms with E-state index in [0.29, 0.717) is 25.7 Å². The molecule has 1 aromatic heterocycles. The highest BCUT2D eigenvalue weighted by Gasteiger charge is 2.21. The maximum atomic E-state index is 8.67. The predicted molar refractivity (Wildman–Crippen MR) is 99.1 cm³/mol. The number of guanidine groups is 1. The Labute approximate surface area is 156 Å². The fourth-order valence-corrected chi connectivity index (χ4v) is 2.44. The third-order valence-electron chi connectivity index (χ3n) is 3.53. The van der Waals surface area contributed by atoms with Gasteiger partial charge < -0.3 is 15.8 Å². The van der Waals surface area contributed by atoms with Crippen LogP contribution in [-0.4, -0.2) is 33.9 Å². The predicted octanol–water partition coefficient (Wildman–Crippen LogP) is 1.20. The molecule has 0 bridgehead atoms. The molecule has 1 aliphatic heterocycles. The summed E-state index contributed by atoms with van der Waals surface area (Å²) in [5, 5.41) is 15.9. The van der Waals surface area contributed by atoms with E-state index in [1.165, 1.54) is 6.33 Å². The Morgan fingerprint density at radius 2 is 2.33 bits per heavy atom. The lowest BCUT2D eigenvalue weighted by Crippen LogP contribution is -2.37. The Balaban J connectivity index is 0.00000208. The van der Waals surface area contributed by atoms with E-state index >= 15 is 0 Å². The molecule has 0 aliphatic carbocycles. The lowest BCUT2D eigenvalue weighted by Gasteiger charge is -2.26. The third-order valence-corrected chi connectivity index (χ3v) is 3.53. The maximum absolute atomic E-state index is 8.67. The molecule has 0 radical (unpaired) electrons. The summed E-state index contributed by atoms with van der Waals surface area (Å²) in [5.74, 6) is 1.42. The summed E-state index contributed by atoms with van der Waals surface area (Å²) in [4.78, 5) is 8.13. The molecule has 0 fully saturated rings. The number of hydrogen-bond acceptors (Lipinski definition) is 5. The van der Waals surface area contributed by atoms with Crippen LogP contribution in [0.3, 0.4) is 0 Å². The van der Waals surface area contributed by atoms with Gasteiger partial charge in [-0.15, -0.1) is 29.1 Å². The molecule has 1 atom stereocenters. The van der Waals surface area contributed by atoms with Gasteiger partial charge in [-0.05, 0) is 6.07 Å². The fourth-order valence-electron chi connectivity index (χ4n) is 2.44. The molecule has 0 amide bonds. The van der Waals surface area contributed by atoms with Crippen LogP contribution in [0.2, 0.25) is 0 Å². The van der Waals surface area contributed by atoms with Crippen LogP contribution in [0.1, 0.15) is 23.9 Å². The largest absolute Gasteiger partial charge is 0.493 e. The van der Waals surface area contributed by atoms with Crippen molar-refractivity contribution in [2.24, 2.45) is 10.7 Å². The monoisotopic (exact) mass is 439 g/mol. The second kappa shape index (κ2) is 8.49. The van der Waals surface area contributed by atoms with Gasteiger partial charge in [0.25, 0.3) is 5.82 Å². The number of para-hydroxylation sites is 1. The van der Waals surface area contributed by atoms with E-state index < -0.39 is 0 Å². The van der Waals surface area contributed by atoms with Gasteiger partial charge in [-0.3, -0.25) is 4.99 Å². The van der Waals surface area contributed by atoms with Crippen molar-refractivity contribution < 1.29 is 4.74 Å². The minimum absolute atomic E-state index is 0. The first-order chi connectivity index (χ1) is 11.3. The van der Waals surface area contributed by atoms with Crippen molar-refractivity contribution in [1.29, 1.82) is 5.26 Å². The SMILES string of the molecule is I.N#Cc1ncn(CCN=C(N)NC2CCOc3ccccc32)n1. The van der Waals surface area contributed by atoms with E-state index in [1.807, 2.05) is 30.3 Å². The second-order valence-electron chi connectivity index (χ2n) is 5.08. The quantitative estimate of drug-likeness (QED) is 0.421. The zero-order valence-electron chi connectivity index (χ0n) is 12.9. The van der Waals surface area contributed by atoms with E-state index in [1.54, 1.807) is 4.68 Å². The average molecular weight is 439 g/mol. The minimum Gasteiger partial charge on any atom is -0.493 e. The zero-order chi connectivity index (χ0) is 16.1. The lowest BCUT2D eigenvalue weighted by molar-refractivity contribution is 0.262. The number of nitrogens with zero attached hydrogens (tertiary/aromatic N) is 5. The van der Waals surface area contributed by atoms with Gasteiger partial charge in [0, 0.05) is 12.0 Å². The van der Waals surface area contributed by atoms with Crippen LogP contribution in [0.25, 0.3) is 0 Å². The van der Waals surface area contributed by atoms with Crippen LogP contribution in [0.15, 0.2) is 35.6 Å². The third kappa shape index (κ3) is 4.35. The standard InChI is InChI=1S/C15H17N7O.HI/c16-9-14-19-10-22(21-14)7-6-18-15(17)20-12-5-8-23-13-4-2-1-3-11(12)13;/h1-4,10,12H,5-8H2,(H3,17,18,20);1H. The molecule has 1 unspecified atom stereocenters. The number of rotatable bonds is 4. The molecular formula is C15H18IN7O. The number of benzene rings is 1.